The molecule has 4 fully saturated rings. The molecule has 5 heteroatoms. The van der Waals surface area contributed by atoms with Gasteiger partial charge in [0.1, 0.15) is 5.56 Å². The number of carbonyl (C=O) groups is 1. The second-order valence-electron chi connectivity index (χ2n) is 6.83. The summed E-state index contributed by atoms with van der Waals surface area (Å²) >= 11 is 0. The highest BCUT2D eigenvalue weighted by Crippen LogP contribution is 2.59. The maximum atomic E-state index is 11.2. The zero-order chi connectivity index (χ0) is 13.9. The minimum atomic E-state index is -1.01. The van der Waals surface area contributed by atoms with Gasteiger partial charge < -0.3 is 10.8 Å². The molecule has 1 aromatic heterocycles. The lowest BCUT2D eigenvalue weighted by Crippen LogP contribution is -2.44. The van der Waals surface area contributed by atoms with Crippen LogP contribution in [0.25, 0.3) is 0 Å². The van der Waals surface area contributed by atoms with E-state index in [1.165, 1.54) is 32.1 Å². The van der Waals surface area contributed by atoms with Crippen LogP contribution in [-0.4, -0.2) is 21.3 Å². The minimum Gasteiger partial charge on any atom is -0.478 e. The standard InChI is InChI=1S/C15H19N3O2/c16-14-11(15(19)20)6-12(17-18-14)13-9-2-7-1-8(4-9)5-10(13)3-7/h6-10,13H,1-5H2,(H2,16,18)(H,19,20). The van der Waals surface area contributed by atoms with Crippen LogP contribution < -0.4 is 5.73 Å². The summed E-state index contributed by atoms with van der Waals surface area (Å²) in [5.74, 6) is 2.54. The molecule has 3 N–H and O–H groups in total. The first-order valence-corrected chi connectivity index (χ1v) is 7.48. The van der Waals surface area contributed by atoms with E-state index in [1.54, 1.807) is 6.07 Å². The van der Waals surface area contributed by atoms with Crippen molar-refractivity contribution >= 4 is 11.8 Å². The lowest BCUT2D eigenvalue weighted by Gasteiger charge is -2.54. The fourth-order valence-electron chi connectivity index (χ4n) is 5.16. The highest BCUT2D eigenvalue weighted by Gasteiger charge is 2.49. The van der Waals surface area contributed by atoms with Gasteiger partial charge in [0.25, 0.3) is 0 Å². The number of nitrogens with two attached hydrogens (primary N) is 1. The van der Waals surface area contributed by atoms with Crippen molar-refractivity contribution in [3.05, 3.63) is 17.3 Å². The molecule has 0 unspecified atom stereocenters. The second-order valence-corrected chi connectivity index (χ2v) is 6.83. The van der Waals surface area contributed by atoms with Crippen LogP contribution in [0.2, 0.25) is 0 Å². The minimum absolute atomic E-state index is 0.0186. The Balaban J connectivity index is 1.71. The molecule has 0 aromatic carbocycles. The number of hydrogen-bond acceptors (Lipinski definition) is 4. The fourth-order valence-corrected chi connectivity index (χ4v) is 5.16. The molecule has 1 heterocycles. The molecule has 0 spiro atoms. The van der Waals surface area contributed by atoms with Gasteiger partial charge in [-0.1, -0.05) is 0 Å². The third-order valence-corrected chi connectivity index (χ3v) is 5.64. The number of nitrogens with zero attached hydrogens (tertiary/aromatic N) is 2. The van der Waals surface area contributed by atoms with E-state index < -0.39 is 5.97 Å². The van der Waals surface area contributed by atoms with Crippen molar-refractivity contribution < 1.29 is 9.90 Å². The summed E-state index contributed by atoms with van der Waals surface area (Å²) in [6.45, 7) is 0. The maximum Gasteiger partial charge on any atom is 0.339 e. The predicted molar refractivity (Wildman–Crippen MR) is 73.2 cm³/mol. The third kappa shape index (κ3) is 1.72. The van der Waals surface area contributed by atoms with Crippen LogP contribution in [0.4, 0.5) is 5.82 Å². The SMILES string of the molecule is Nc1nnc(C2C3CC4CC(C3)CC2C4)cc1C(=O)O. The Labute approximate surface area is 117 Å². The van der Waals surface area contributed by atoms with Gasteiger partial charge in [-0.05, 0) is 61.8 Å². The van der Waals surface area contributed by atoms with E-state index in [0.29, 0.717) is 17.8 Å². The summed E-state index contributed by atoms with van der Waals surface area (Å²) in [6.07, 6.45) is 6.55. The first kappa shape index (κ1) is 12.1. The molecule has 20 heavy (non-hydrogen) atoms. The van der Waals surface area contributed by atoms with E-state index in [4.69, 9.17) is 5.73 Å². The van der Waals surface area contributed by atoms with Gasteiger partial charge in [0.2, 0.25) is 0 Å². The fraction of sp³-hybridized carbons (Fsp3) is 0.667. The summed E-state index contributed by atoms with van der Waals surface area (Å²) in [7, 11) is 0. The molecule has 4 aliphatic rings. The Bertz CT molecular complexity index is 544. The number of aromatic carboxylic acids is 1. The van der Waals surface area contributed by atoms with Crippen LogP contribution in [0, 0.1) is 23.7 Å². The number of carboxylic acids is 1. The number of anilines is 1. The monoisotopic (exact) mass is 273 g/mol. The average Bonchev–Trinajstić information content (AvgIpc) is 2.38. The number of nitrogen functional groups attached to an aromatic ring is 1. The summed E-state index contributed by atoms with van der Waals surface area (Å²) in [4.78, 5) is 11.2. The first-order valence-electron chi connectivity index (χ1n) is 7.48. The lowest BCUT2D eigenvalue weighted by atomic mass is 9.51. The van der Waals surface area contributed by atoms with Crippen molar-refractivity contribution in [1.29, 1.82) is 0 Å². The van der Waals surface area contributed by atoms with Crippen molar-refractivity contribution in [3.8, 4) is 0 Å². The van der Waals surface area contributed by atoms with Crippen LogP contribution in [0.3, 0.4) is 0 Å². The molecule has 0 saturated heterocycles. The van der Waals surface area contributed by atoms with Crippen molar-refractivity contribution in [1.82, 2.24) is 10.2 Å². The number of hydrogen-bond donors (Lipinski definition) is 2. The highest BCUT2D eigenvalue weighted by atomic mass is 16.4. The van der Waals surface area contributed by atoms with Crippen LogP contribution >= 0.6 is 0 Å². The molecule has 106 valence electrons. The van der Waals surface area contributed by atoms with Gasteiger partial charge in [-0.3, -0.25) is 0 Å². The van der Waals surface area contributed by atoms with Crippen molar-refractivity contribution in [3.63, 3.8) is 0 Å². The van der Waals surface area contributed by atoms with Gasteiger partial charge in [-0.25, -0.2) is 4.79 Å². The topological polar surface area (TPSA) is 89.1 Å². The molecule has 0 aliphatic heterocycles. The van der Waals surface area contributed by atoms with Crippen LogP contribution in [0.5, 0.6) is 0 Å². The Morgan fingerprint density at radius 1 is 1.10 bits per heavy atom. The average molecular weight is 273 g/mol. The highest BCUT2D eigenvalue weighted by molar-refractivity contribution is 5.92. The molecule has 0 radical (unpaired) electrons. The molecule has 4 saturated carbocycles. The summed E-state index contributed by atoms with van der Waals surface area (Å²) in [5.41, 5.74) is 6.56. The Hall–Kier alpha value is -1.65. The zero-order valence-corrected chi connectivity index (χ0v) is 11.3. The molecule has 0 amide bonds. The van der Waals surface area contributed by atoms with Gasteiger partial charge in [-0.15, -0.1) is 5.10 Å². The summed E-state index contributed by atoms with van der Waals surface area (Å²) < 4.78 is 0. The molecular formula is C15H19N3O2. The van der Waals surface area contributed by atoms with Crippen molar-refractivity contribution in [2.75, 3.05) is 5.73 Å². The third-order valence-electron chi connectivity index (χ3n) is 5.64. The summed E-state index contributed by atoms with van der Waals surface area (Å²) in [6, 6.07) is 1.66. The number of carboxylic acid groups (broad SMARTS) is 1. The number of rotatable bonds is 2. The second kappa shape index (κ2) is 4.17. The van der Waals surface area contributed by atoms with Gasteiger partial charge in [0, 0.05) is 5.92 Å². The molecule has 0 atom stereocenters. The Kier molecular flexibility index (Phi) is 2.53. The molecular weight excluding hydrogens is 254 g/mol. The van der Waals surface area contributed by atoms with E-state index >= 15 is 0 Å². The van der Waals surface area contributed by atoms with Gasteiger partial charge in [-0.2, -0.15) is 5.10 Å². The van der Waals surface area contributed by atoms with Gasteiger partial charge in [0.05, 0.1) is 5.69 Å². The predicted octanol–water partition coefficient (Wildman–Crippen LogP) is 2.30. The van der Waals surface area contributed by atoms with Gasteiger partial charge >= 0.3 is 5.97 Å². The molecule has 5 nitrogen and oxygen atoms in total. The normalized spacial score (nSPS) is 38.1. The first-order chi connectivity index (χ1) is 9.61. The van der Waals surface area contributed by atoms with Crippen LogP contribution in [-0.2, 0) is 0 Å². The summed E-state index contributed by atoms with van der Waals surface area (Å²) in [5, 5.41) is 17.3. The maximum absolute atomic E-state index is 11.2. The van der Waals surface area contributed by atoms with Crippen molar-refractivity contribution in [2.45, 2.75) is 38.0 Å². The zero-order valence-electron chi connectivity index (χ0n) is 11.3. The molecule has 5 rings (SSSR count). The lowest BCUT2D eigenvalue weighted by molar-refractivity contribution is -0.00446. The molecule has 1 aromatic rings. The van der Waals surface area contributed by atoms with E-state index in [1.807, 2.05) is 0 Å². The van der Waals surface area contributed by atoms with E-state index in [2.05, 4.69) is 10.2 Å². The van der Waals surface area contributed by atoms with E-state index in [9.17, 15) is 9.90 Å². The van der Waals surface area contributed by atoms with Gasteiger partial charge in [0.15, 0.2) is 5.82 Å². The van der Waals surface area contributed by atoms with Crippen molar-refractivity contribution in [2.24, 2.45) is 23.7 Å². The molecule has 4 aliphatic carbocycles. The Morgan fingerprint density at radius 2 is 1.70 bits per heavy atom. The Morgan fingerprint density at radius 3 is 2.25 bits per heavy atom. The quantitative estimate of drug-likeness (QED) is 0.863. The van der Waals surface area contributed by atoms with Crippen LogP contribution in [0.15, 0.2) is 6.07 Å². The van der Waals surface area contributed by atoms with Crippen LogP contribution in [0.1, 0.15) is 54.1 Å². The number of aromatic nitrogens is 2. The molecule has 4 bridgehead atoms. The van der Waals surface area contributed by atoms with E-state index in [0.717, 1.165) is 17.5 Å². The smallest absolute Gasteiger partial charge is 0.339 e. The largest absolute Gasteiger partial charge is 0.478 e. The van der Waals surface area contributed by atoms with E-state index in [-0.39, 0.29) is 11.4 Å².